The molecule has 0 aliphatic carbocycles. The number of benzene rings is 2. The van der Waals surface area contributed by atoms with Gasteiger partial charge in [0, 0.05) is 0 Å². The molecular formula is C16H15F2NO3. The van der Waals surface area contributed by atoms with Crippen molar-refractivity contribution in [2.24, 2.45) is 0 Å². The van der Waals surface area contributed by atoms with Gasteiger partial charge in [-0.15, -0.1) is 0 Å². The molecule has 0 aromatic heterocycles. The van der Waals surface area contributed by atoms with Crippen LogP contribution in [-0.2, 0) is 0 Å². The van der Waals surface area contributed by atoms with Gasteiger partial charge in [0.25, 0.3) is 5.91 Å². The van der Waals surface area contributed by atoms with Crippen molar-refractivity contribution in [2.45, 2.75) is 0 Å². The van der Waals surface area contributed by atoms with Crippen LogP contribution in [0.1, 0.15) is 10.4 Å². The van der Waals surface area contributed by atoms with Gasteiger partial charge in [-0.05, 0) is 36.4 Å². The number of amides is 1. The second-order valence-corrected chi connectivity index (χ2v) is 4.38. The summed E-state index contributed by atoms with van der Waals surface area (Å²) in [6.45, 7) is 0.298. The van der Waals surface area contributed by atoms with Gasteiger partial charge in [-0.2, -0.15) is 0 Å². The summed E-state index contributed by atoms with van der Waals surface area (Å²) in [5.41, 5.74) is -0.591. The molecule has 2 aromatic carbocycles. The third-order valence-electron chi connectivity index (χ3n) is 2.91. The largest absolute Gasteiger partial charge is 0.497 e. The van der Waals surface area contributed by atoms with Crippen LogP contribution in [0.5, 0.6) is 11.5 Å². The van der Waals surface area contributed by atoms with Crippen molar-refractivity contribution in [3.8, 4) is 11.5 Å². The van der Waals surface area contributed by atoms with Gasteiger partial charge < -0.3 is 14.8 Å². The molecule has 22 heavy (non-hydrogen) atoms. The maximum atomic E-state index is 13.4. The number of carbonyl (C=O) groups is 1. The fraction of sp³-hybridized carbons (Fsp3) is 0.188. The normalized spacial score (nSPS) is 10.1. The molecule has 0 heterocycles. The molecule has 0 atom stereocenters. The van der Waals surface area contributed by atoms with Gasteiger partial charge in [0.05, 0.1) is 13.7 Å². The molecule has 0 aliphatic heterocycles. The van der Waals surface area contributed by atoms with E-state index in [-0.39, 0.29) is 13.2 Å². The highest BCUT2D eigenvalue weighted by Crippen LogP contribution is 2.16. The van der Waals surface area contributed by atoms with Crippen molar-refractivity contribution in [3.05, 3.63) is 59.7 Å². The Morgan fingerprint density at radius 1 is 1.05 bits per heavy atom. The fourth-order valence-corrected chi connectivity index (χ4v) is 1.81. The summed E-state index contributed by atoms with van der Waals surface area (Å²) in [5.74, 6) is -1.29. The van der Waals surface area contributed by atoms with Gasteiger partial charge in [-0.3, -0.25) is 4.79 Å². The first-order valence-corrected chi connectivity index (χ1v) is 6.61. The van der Waals surface area contributed by atoms with Crippen LogP contribution in [0.25, 0.3) is 0 Å². The minimum Gasteiger partial charge on any atom is -0.497 e. The van der Waals surface area contributed by atoms with Crippen LogP contribution in [-0.4, -0.2) is 26.2 Å². The monoisotopic (exact) mass is 307 g/mol. The van der Waals surface area contributed by atoms with E-state index in [9.17, 15) is 13.6 Å². The lowest BCUT2D eigenvalue weighted by atomic mass is 10.2. The molecule has 4 nitrogen and oxygen atoms in total. The molecule has 1 amide bonds. The molecule has 2 aromatic rings. The summed E-state index contributed by atoms with van der Waals surface area (Å²) >= 11 is 0. The van der Waals surface area contributed by atoms with Crippen molar-refractivity contribution < 1.29 is 23.0 Å². The van der Waals surface area contributed by atoms with Crippen molar-refractivity contribution in [1.82, 2.24) is 5.32 Å². The van der Waals surface area contributed by atoms with E-state index in [0.29, 0.717) is 11.5 Å². The Kier molecular flexibility index (Phi) is 5.30. The van der Waals surface area contributed by atoms with Gasteiger partial charge in [0.1, 0.15) is 35.3 Å². The zero-order chi connectivity index (χ0) is 15.9. The minimum absolute atomic E-state index is 0.124. The first-order valence-electron chi connectivity index (χ1n) is 6.61. The van der Waals surface area contributed by atoms with Gasteiger partial charge in [-0.25, -0.2) is 8.78 Å². The first-order chi connectivity index (χ1) is 10.6. The van der Waals surface area contributed by atoms with Crippen molar-refractivity contribution in [3.63, 3.8) is 0 Å². The van der Waals surface area contributed by atoms with E-state index in [1.165, 1.54) is 6.07 Å². The minimum atomic E-state index is -0.895. The highest BCUT2D eigenvalue weighted by Gasteiger charge is 2.16. The lowest BCUT2D eigenvalue weighted by molar-refractivity contribution is 0.0938. The Bertz CT molecular complexity index is 624. The van der Waals surface area contributed by atoms with Crippen molar-refractivity contribution in [2.75, 3.05) is 20.3 Å². The van der Waals surface area contributed by atoms with Gasteiger partial charge in [0.15, 0.2) is 0 Å². The summed E-state index contributed by atoms with van der Waals surface area (Å²) in [6, 6.07) is 10.2. The number of methoxy groups -OCH3 is 1. The summed E-state index contributed by atoms with van der Waals surface area (Å²) in [4.78, 5) is 11.7. The molecule has 0 aliphatic rings. The predicted molar refractivity (Wildman–Crippen MR) is 77.2 cm³/mol. The van der Waals surface area contributed by atoms with Crippen LogP contribution in [0.15, 0.2) is 42.5 Å². The van der Waals surface area contributed by atoms with E-state index in [4.69, 9.17) is 9.47 Å². The first kappa shape index (κ1) is 15.8. The van der Waals surface area contributed by atoms with Crippen LogP contribution in [0.4, 0.5) is 8.78 Å². The number of nitrogens with one attached hydrogen (secondary N) is 1. The second kappa shape index (κ2) is 7.40. The van der Waals surface area contributed by atoms with Gasteiger partial charge in [-0.1, -0.05) is 6.07 Å². The molecule has 6 heteroatoms. The number of ether oxygens (including phenoxy) is 2. The van der Waals surface area contributed by atoms with Crippen molar-refractivity contribution >= 4 is 5.91 Å². The van der Waals surface area contributed by atoms with Crippen LogP contribution in [0, 0.1) is 11.6 Å². The summed E-state index contributed by atoms with van der Waals surface area (Å²) in [6.07, 6.45) is 0. The van der Waals surface area contributed by atoms with Crippen molar-refractivity contribution in [1.29, 1.82) is 0 Å². The zero-order valence-electron chi connectivity index (χ0n) is 11.9. The molecule has 0 saturated heterocycles. The lowest BCUT2D eigenvalue weighted by Gasteiger charge is -2.09. The van der Waals surface area contributed by atoms with Crippen LogP contribution in [0.2, 0.25) is 0 Å². The summed E-state index contributed by atoms with van der Waals surface area (Å²) in [5, 5.41) is 2.40. The molecule has 2 rings (SSSR count). The van der Waals surface area contributed by atoms with E-state index in [2.05, 4.69) is 5.32 Å². The zero-order valence-corrected chi connectivity index (χ0v) is 11.9. The number of rotatable bonds is 6. The molecular weight excluding hydrogens is 292 g/mol. The molecule has 0 radical (unpaired) electrons. The Morgan fingerprint density at radius 2 is 1.64 bits per heavy atom. The molecule has 0 saturated carbocycles. The van der Waals surface area contributed by atoms with E-state index in [1.54, 1.807) is 31.4 Å². The SMILES string of the molecule is COc1ccc(OCCNC(=O)c2c(F)cccc2F)cc1. The summed E-state index contributed by atoms with van der Waals surface area (Å²) in [7, 11) is 1.56. The second-order valence-electron chi connectivity index (χ2n) is 4.38. The van der Waals surface area contributed by atoms with E-state index >= 15 is 0 Å². The predicted octanol–water partition coefficient (Wildman–Crippen LogP) is 2.78. The maximum Gasteiger partial charge on any atom is 0.257 e. The molecule has 1 N–H and O–H groups in total. The Balaban J connectivity index is 1.82. The molecule has 0 bridgehead atoms. The maximum absolute atomic E-state index is 13.4. The smallest absolute Gasteiger partial charge is 0.257 e. The molecule has 0 spiro atoms. The van der Waals surface area contributed by atoms with E-state index in [0.717, 1.165) is 12.1 Å². The van der Waals surface area contributed by atoms with E-state index in [1.807, 2.05) is 0 Å². The third kappa shape index (κ3) is 3.94. The van der Waals surface area contributed by atoms with Crippen LogP contribution < -0.4 is 14.8 Å². The number of hydrogen-bond acceptors (Lipinski definition) is 3. The average molecular weight is 307 g/mol. The molecule has 0 unspecified atom stereocenters. The average Bonchev–Trinajstić information content (AvgIpc) is 2.52. The molecule has 116 valence electrons. The Hall–Kier alpha value is -2.63. The Morgan fingerprint density at radius 3 is 2.23 bits per heavy atom. The van der Waals surface area contributed by atoms with Gasteiger partial charge in [0.2, 0.25) is 0 Å². The topological polar surface area (TPSA) is 47.6 Å². The number of halogens is 2. The highest BCUT2D eigenvalue weighted by atomic mass is 19.1. The standard InChI is InChI=1S/C16H15F2NO3/c1-21-11-5-7-12(8-6-11)22-10-9-19-16(20)15-13(17)3-2-4-14(15)18/h2-8H,9-10H2,1H3,(H,19,20). The van der Waals surface area contributed by atoms with Gasteiger partial charge >= 0.3 is 0 Å². The quantitative estimate of drug-likeness (QED) is 0.835. The van der Waals surface area contributed by atoms with Crippen LogP contribution in [0.3, 0.4) is 0 Å². The summed E-state index contributed by atoms with van der Waals surface area (Å²) < 4.78 is 37.2. The Labute approximate surface area is 126 Å². The van der Waals surface area contributed by atoms with E-state index < -0.39 is 23.1 Å². The third-order valence-corrected chi connectivity index (χ3v) is 2.91. The highest BCUT2D eigenvalue weighted by molar-refractivity contribution is 5.94. The number of carbonyl (C=O) groups excluding carboxylic acids is 1. The fourth-order valence-electron chi connectivity index (χ4n) is 1.81. The van der Waals surface area contributed by atoms with Crippen LogP contribution >= 0.6 is 0 Å². The molecule has 0 fully saturated rings. The number of hydrogen-bond donors (Lipinski definition) is 1. The lowest BCUT2D eigenvalue weighted by Crippen LogP contribution is -2.29.